The molecule has 2 heterocycles. The molecule has 0 spiro atoms. The van der Waals surface area contributed by atoms with Gasteiger partial charge in [-0.05, 0) is 45.9 Å². The first-order chi connectivity index (χ1) is 12.2. The number of nitriles is 1. The van der Waals surface area contributed by atoms with Crippen LogP contribution in [0.1, 0.15) is 49.5 Å². The van der Waals surface area contributed by atoms with E-state index in [0.29, 0.717) is 31.7 Å². The molecule has 1 aliphatic heterocycles. The highest BCUT2D eigenvalue weighted by atomic mass is 32.2. The molecule has 0 bridgehead atoms. The van der Waals surface area contributed by atoms with Gasteiger partial charge in [-0.15, -0.1) is 11.8 Å². The van der Waals surface area contributed by atoms with Crippen molar-refractivity contribution < 1.29 is 18.7 Å². The summed E-state index contributed by atoms with van der Waals surface area (Å²) in [6.45, 7) is 6.56. The Balaban J connectivity index is 2.18. The van der Waals surface area contributed by atoms with Crippen molar-refractivity contribution in [3.05, 3.63) is 17.2 Å². The lowest BCUT2D eigenvalue weighted by Gasteiger charge is -2.33. The van der Waals surface area contributed by atoms with E-state index in [-0.39, 0.29) is 28.0 Å². The molecule has 2 rings (SSSR count). The first-order valence-corrected chi connectivity index (χ1v) is 9.55. The van der Waals surface area contributed by atoms with E-state index < -0.39 is 11.6 Å². The van der Waals surface area contributed by atoms with Crippen LogP contribution in [0.3, 0.4) is 0 Å². The molecule has 0 unspecified atom stereocenters. The van der Waals surface area contributed by atoms with Gasteiger partial charge in [-0.1, -0.05) is 0 Å². The second kappa shape index (κ2) is 8.04. The smallest absolute Gasteiger partial charge is 0.334 e. The Labute approximate surface area is 156 Å². The zero-order valence-corrected chi connectivity index (χ0v) is 16.2. The number of rotatable bonds is 4. The molecule has 0 saturated carbocycles. The molecule has 1 saturated heterocycles. The van der Waals surface area contributed by atoms with Crippen LogP contribution in [0.15, 0.2) is 11.1 Å². The lowest BCUT2D eigenvalue weighted by atomic mass is 9.96. The van der Waals surface area contributed by atoms with Crippen LogP contribution in [0.2, 0.25) is 0 Å². The van der Waals surface area contributed by atoms with E-state index in [1.807, 2.05) is 31.7 Å². The molecule has 6 nitrogen and oxygen atoms in total. The fraction of sp³-hybridized carbons (Fsp3) is 0.556. The predicted octanol–water partition coefficient (Wildman–Crippen LogP) is 3.34. The monoisotopic (exact) mass is 379 g/mol. The van der Waals surface area contributed by atoms with Crippen molar-refractivity contribution in [2.75, 3.05) is 24.2 Å². The number of piperidine rings is 1. The number of thioether (sulfide) groups is 1. The van der Waals surface area contributed by atoms with Gasteiger partial charge in [0.2, 0.25) is 0 Å². The summed E-state index contributed by atoms with van der Waals surface area (Å²) in [4.78, 5) is 29.5. The average Bonchev–Trinajstić information content (AvgIpc) is 2.59. The van der Waals surface area contributed by atoms with Crippen LogP contribution in [0.4, 0.5) is 10.2 Å². The summed E-state index contributed by atoms with van der Waals surface area (Å²) in [5.41, 5.74) is -0.563. The SMILES string of the molecule is CSc1nc(N2CCC(C(=O)OC(C)(C)C)CC2)c(C#N)cc1C(=O)F. The summed E-state index contributed by atoms with van der Waals surface area (Å²) < 4.78 is 18.6. The van der Waals surface area contributed by atoms with Crippen LogP contribution in [0.25, 0.3) is 0 Å². The normalized spacial score (nSPS) is 15.5. The second-order valence-corrected chi connectivity index (χ2v) is 7.89. The number of nitrogens with zero attached hydrogens (tertiary/aromatic N) is 3. The number of carbonyl (C=O) groups is 2. The summed E-state index contributed by atoms with van der Waals surface area (Å²) in [6.07, 6.45) is 2.86. The Bertz CT molecular complexity index is 747. The molecule has 1 fully saturated rings. The largest absolute Gasteiger partial charge is 0.460 e. The number of pyridine rings is 1. The van der Waals surface area contributed by atoms with Gasteiger partial charge in [-0.25, -0.2) is 4.98 Å². The van der Waals surface area contributed by atoms with Crippen molar-refractivity contribution in [3.8, 4) is 6.07 Å². The van der Waals surface area contributed by atoms with Gasteiger partial charge in [-0.2, -0.15) is 9.65 Å². The predicted molar refractivity (Wildman–Crippen MR) is 97.0 cm³/mol. The van der Waals surface area contributed by atoms with Crippen molar-refractivity contribution >= 4 is 29.6 Å². The van der Waals surface area contributed by atoms with Crippen molar-refractivity contribution in [2.45, 2.75) is 44.2 Å². The van der Waals surface area contributed by atoms with E-state index in [2.05, 4.69) is 4.98 Å². The molecule has 0 N–H and O–H groups in total. The van der Waals surface area contributed by atoms with Crippen LogP contribution in [-0.2, 0) is 9.53 Å². The molecule has 0 aliphatic carbocycles. The van der Waals surface area contributed by atoms with Crippen LogP contribution in [0, 0.1) is 17.2 Å². The van der Waals surface area contributed by atoms with Crippen LogP contribution >= 0.6 is 11.8 Å². The van der Waals surface area contributed by atoms with Gasteiger partial charge in [-0.3, -0.25) is 9.59 Å². The molecule has 0 atom stereocenters. The summed E-state index contributed by atoms with van der Waals surface area (Å²) in [5.74, 6) is 0.0148. The average molecular weight is 379 g/mol. The standard InChI is InChI=1S/C18H22FN3O3S/c1-18(2,3)25-17(24)11-5-7-22(8-6-11)15-12(10-20)9-13(14(19)23)16(21-15)26-4/h9,11H,5-8H2,1-4H3. The van der Waals surface area contributed by atoms with Gasteiger partial charge in [0.05, 0.1) is 17.0 Å². The van der Waals surface area contributed by atoms with Crippen molar-refractivity contribution in [1.29, 1.82) is 5.26 Å². The Kier molecular flexibility index (Phi) is 6.24. The van der Waals surface area contributed by atoms with Gasteiger partial charge >= 0.3 is 12.0 Å². The highest BCUT2D eigenvalue weighted by Crippen LogP contribution is 2.30. The third kappa shape index (κ3) is 4.73. The molecule has 1 aromatic rings. The van der Waals surface area contributed by atoms with Gasteiger partial charge < -0.3 is 9.64 Å². The van der Waals surface area contributed by atoms with Crippen molar-refractivity contribution in [2.24, 2.45) is 5.92 Å². The van der Waals surface area contributed by atoms with Gasteiger partial charge in [0.1, 0.15) is 22.5 Å². The van der Waals surface area contributed by atoms with Gasteiger partial charge in [0.25, 0.3) is 0 Å². The minimum atomic E-state index is -1.60. The fourth-order valence-electron chi connectivity index (χ4n) is 2.82. The summed E-state index contributed by atoms with van der Waals surface area (Å²) >= 11 is 1.15. The molecule has 8 heteroatoms. The number of aromatic nitrogens is 1. The first kappa shape index (κ1) is 20.2. The Morgan fingerprint density at radius 2 is 2.00 bits per heavy atom. The zero-order valence-electron chi connectivity index (χ0n) is 15.3. The minimum Gasteiger partial charge on any atom is -0.460 e. The maximum atomic E-state index is 13.2. The van der Waals surface area contributed by atoms with Crippen LogP contribution < -0.4 is 4.90 Å². The quantitative estimate of drug-likeness (QED) is 0.451. The maximum Gasteiger partial charge on any atom is 0.334 e. The highest BCUT2D eigenvalue weighted by Gasteiger charge is 2.30. The number of ether oxygens (including phenoxy) is 1. The maximum absolute atomic E-state index is 13.2. The van der Waals surface area contributed by atoms with Crippen LogP contribution in [0.5, 0.6) is 0 Å². The second-order valence-electron chi connectivity index (χ2n) is 7.10. The highest BCUT2D eigenvalue weighted by molar-refractivity contribution is 7.98. The van der Waals surface area contributed by atoms with E-state index in [4.69, 9.17) is 4.74 Å². The van der Waals surface area contributed by atoms with E-state index in [0.717, 1.165) is 11.8 Å². The lowest BCUT2D eigenvalue weighted by molar-refractivity contribution is -0.160. The van der Waals surface area contributed by atoms with Gasteiger partial charge in [0.15, 0.2) is 0 Å². The van der Waals surface area contributed by atoms with Crippen LogP contribution in [-0.4, -0.2) is 41.9 Å². The molecule has 1 aromatic heterocycles. The number of anilines is 1. The van der Waals surface area contributed by atoms with Crippen molar-refractivity contribution in [3.63, 3.8) is 0 Å². The summed E-state index contributed by atoms with van der Waals surface area (Å²) in [6, 6.07) is 1.62. The topological polar surface area (TPSA) is 83.3 Å². The summed E-state index contributed by atoms with van der Waals surface area (Å²) in [7, 11) is 0. The fourth-order valence-corrected chi connectivity index (χ4v) is 3.36. The molecule has 0 radical (unpaired) electrons. The molecular formula is C18H22FN3O3S. The molecule has 140 valence electrons. The number of esters is 1. The van der Waals surface area contributed by atoms with E-state index in [9.17, 15) is 19.2 Å². The molecular weight excluding hydrogens is 357 g/mol. The molecule has 1 aliphatic rings. The molecule has 0 amide bonds. The lowest BCUT2D eigenvalue weighted by Crippen LogP contribution is -2.39. The van der Waals surface area contributed by atoms with Gasteiger partial charge in [0, 0.05) is 13.1 Å². The number of carbonyl (C=O) groups excluding carboxylic acids is 2. The van der Waals surface area contributed by atoms with E-state index >= 15 is 0 Å². The third-order valence-corrected chi connectivity index (χ3v) is 4.73. The summed E-state index contributed by atoms with van der Waals surface area (Å²) in [5, 5.41) is 9.61. The number of hydrogen-bond acceptors (Lipinski definition) is 7. The Hall–Kier alpha value is -2.14. The number of halogens is 1. The third-order valence-electron chi connectivity index (χ3n) is 4.03. The Morgan fingerprint density at radius 1 is 1.38 bits per heavy atom. The minimum absolute atomic E-state index is 0.152. The van der Waals surface area contributed by atoms with E-state index in [1.54, 1.807) is 6.26 Å². The Morgan fingerprint density at radius 3 is 2.46 bits per heavy atom. The van der Waals surface area contributed by atoms with Crippen molar-refractivity contribution in [1.82, 2.24) is 4.98 Å². The first-order valence-electron chi connectivity index (χ1n) is 8.33. The molecule has 0 aromatic carbocycles. The van der Waals surface area contributed by atoms with E-state index in [1.165, 1.54) is 6.07 Å². The number of hydrogen-bond donors (Lipinski definition) is 0. The molecule has 26 heavy (non-hydrogen) atoms. The zero-order chi connectivity index (χ0) is 19.5.